The molecule has 3 amide bonds. The lowest BCUT2D eigenvalue weighted by Gasteiger charge is -2.30. The number of carbonyl (C=O) groups is 3. The van der Waals surface area contributed by atoms with Crippen LogP contribution in [-0.2, 0) is 24.4 Å². The molecule has 0 aliphatic heterocycles. The summed E-state index contributed by atoms with van der Waals surface area (Å²) in [4.78, 5) is 36.3. The molecule has 0 heterocycles. The number of hydrogen-bond donors (Lipinski definition) is 4. The Labute approximate surface area is 190 Å². The van der Waals surface area contributed by atoms with Crippen LogP contribution in [0.4, 0.5) is 5.69 Å². The second kappa shape index (κ2) is 9.79. The lowest BCUT2D eigenvalue weighted by Crippen LogP contribution is -2.36. The molecule has 12 heteroatoms. The first-order valence-electron chi connectivity index (χ1n) is 9.21. The predicted molar refractivity (Wildman–Crippen MR) is 120 cm³/mol. The van der Waals surface area contributed by atoms with Crippen molar-refractivity contribution in [3.63, 3.8) is 0 Å². The molecule has 0 saturated heterocycles. The van der Waals surface area contributed by atoms with Crippen LogP contribution in [0.25, 0.3) is 0 Å². The fourth-order valence-electron chi connectivity index (χ4n) is 3.01. The summed E-state index contributed by atoms with van der Waals surface area (Å²) < 4.78 is 26.3. The molecule has 0 aliphatic rings. The van der Waals surface area contributed by atoms with Crippen LogP contribution < -0.4 is 21.1 Å². The number of amides is 3. The van der Waals surface area contributed by atoms with Crippen molar-refractivity contribution in [2.45, 2.75) is 31.2 Å². The van der Waals surface area contributed by atoms with Crippen molar-refractivity contribution in [2.24, 2.45) is 11.5 Å². The molecule has 6 N–H and O–H groups in total. The average Bonchev–Trinajstić information content (AvgIpc) is 2.66. The van der Waals surface area contributed by atoms with Gasteiger partial charge in [0.05, 0.1) is 11.1 Å². The zero-order valence-corrected chi connectivity index (χ0v) is 18.8. The SMILES string of the molecule is CC(=O)NS(=O)(=O)c1ccc(C(C)N(C(=O)CC(N)=O)c2ccc(C(=N)N)cc2)cc1Cl. The Morgan fingerprint density at radius 1 is 1.12 bits per heavy atom. The van der Waals surface area contributed by atoms with Crippen LogP contribution >= 0.6 is 11.6 Å². The van der Waals surface area contributed by atoms with Gasteiger partial charge in [-0.15, -0.1) is 0 Å². The van der Waals surface area contributed by atoms with Crippen molar-refractivity contribution in [2.75, 3.05) is 4.90 Å². The zero-order valence-electron chi connectivity index (χ0n) is 17.3. The van der Waals surface area contributed by atoms with Crippen LogP contribution in [0.3, 0.4) is 0 Å². The number of amidine groups is 1. The van der Waals surface area contributed by atoms with Gasteiger partial charge in [0.1, 0.15) is 17.2 Å². The van der Waals surface area contributed by atoms with Crippen LogP contribution in [-0.4, -0.2) is 32.0 Å². The van der Waals surface area contributed by atoms with Crippen molar-refractivity contribution < 1.29 is 22.8 Å². The van der Waals surface area contributed by atoms with Crippen molar-refractivity contribution in [1.29, 1.82) is 5.41 Å². The van der Waals surface area contributed by atoms with E-state index in [9.17, 15) is 22.8 Å². The summed E-state index contributed by atoms with van der Waals surface area (Å²) in [6.45, 7) is 2.72. The Hall–Kier alpha value is -3.44. The maximum absolute atomic E-state index is 12.8. The molecule has 2 aromatic carbocycles. The summed E-state index contributed by atoms with van der Waals surface area (Å²) in [5, 5.41) is 7.34. The van der Waals surface area contributed by atoms with Crippen LogP contribution in [0.2, 0.25) is 5.02 Å². The minimum atomic E-state index is -4.16. The lowest BCUT2D eigenvalue weighted by molar-refractivity contribution is -0.126. The molecule has 0 bridgehead atoms. The highest BCUT2D eigenvalue weighted by Gasteiger charge is 2.26. The Balaban J connectivity index is 2.49. The van der Waals surface area contributed by atoms with Crippen molar-refractivity contribution >= 4 is 50.9 Å². The molecular formula is C20H22ClN5O5S. The van der Waals surface area contributed by atoms with Crippen LogP contribution in [0.15, 0.2) is 47.4 Å². The number of carbonyl (C=O) groups excluding carboxylic acids is 3. The highest BCUT2D eigenvalue weighted by atomic mass is 35.5. The molecule has 0 spiro atoms. The number of rotatable bonds is 8. The molecule has 10 nitrogen and oxygen atoms in total. The first-order valence-corrected chi connectivity index (χ1v) is 11.1. The monoisotopic (exact) mass is 479 g/mol. The number of benzene rings is 2. The summed E-state index contributed by atoms with van der Waals surface area (Å²) in [6, 6.07) is 9.55. The van der Waals surface area contributed by atoms with E-state index < -0.39 is 40.2 Å². The van der Waals surface area contributed by atoms with Gasteiger partial charge >= 0.3 is 0 Å². The van der Waals surface area contributed by atoms with Gasteiger partial charge in [-0.05, 0) is 48.9 Å². The molecule has 1 atom stereocenters. The Morgan fingerprint density at radius 2 is 1.72 bits per heavy atom. The number of primary amides is 1. The third-order valence-electron chi connectivity index (χ3n) is 4.44. The standard InChI is InChI=1S/C20H22ClN5O5S/c1-11(14-5-8-17(16(21)9-14)32(30,31)25-12(2)27)26(19(29)10-18(22)28)15-6-3-13(4-7-15)20(23)24/h3-9,11H,10H2,1-2H3,(H2,22,28)(H3,23,24)(H,25,27). The van der Waals surface area contributed by atoms with Gasteiger partial charge in [-0.3, -0.25) is 19.8 Å². The summed E-state index contributed by atoms with van der Waals surface area (Å²) in [5.74, 6) is -2.33. The number of halogens is 1. The predicted octanol–water partition coefficient (Wildman–Crippen LogP) is 1.42. The van der Waals surface area contributed by atoms with Crippen molar-refractivity contribution in [3.8, 4) is 0 Å². The van der Waals surface area contributed by atoms with E-state index in [1.807, 2.05) is 4.72 Å². The van der Waals surface area contributed by atoms with Gasteiger partial charge in [-0.25, -0.2) is 13.1 Å². The Kier molecular flexibility index (Phi) is 7.60. The normalized spacial score (nSPS) is 12.0. The third kappa shape index (κ3) is 5.83. The number of nitrogens with two attached hydrogens (primary N) is 2. The highest BCUT2D eigenvalue weighted by Crippen LogP contribution is 2.32. The average molecular weight is 480 g/mol. The van der Waals surface area contributed by atoms with Gasteiger partial charge < -0.3 is 16.4 Å². The lowest BCUT2D eigenvalue weighted by atomic mass is 10.0. The number of hydrogen-bond acceptors (Lipinski definition) is 6. The molecule has 2 aromatic rings. The summed E-state index contributed by atoms with van der Waals surface area (Å²) in [6.07, 6.45) is -0.554. The Morgan fingerprint density at radius 3 is 2.19 bits per heavy atom. The van der Waals surface area contributed by atoms with Gasteiger partial charge in [-0.1, -0.05) is 17.7 Å². The van der Waals surface area contributed by atoms with Crippen LogP contribution in [0.5, 0.6) is 0 Å². The number of sulfonamides is 1. The van der Waals surface area contributed by atoms with E-state index in [-0.39, 0.29) is 15.8 Å². The molecule has 0 fully saturated rings. The summed E-state index contributed by atoms with van der Waals surface area (Å²) in [5.41, 5.74) is 12.0. The minimum Gasteiger partial charge on any atom is -0.384 e. The Bertz CT molecular complexity index is 1180. The van der Waals surface area contributed by atoms with Gasteiger partial charge in [0, 0.05) is 18.2 Å². The van der Waals surface area contributed by atoms with E-state index in [1.165, 1.54) is 23.1 Å². The molecule has 2 rings (SSSR count). The number of anilines is 1. The van der Waals surface area contributed by atoms with Gasteiger partial charge in [0.2, 0.25) is 17.7 Å². The fourth-order valence-corrected chi connectivity index (χ4v) is 4.55. The van der Waals surface area contributed by atoms with E-state index in [0.717, 1.165) is 6.92 Å². The van der Waals surface area contributed by atoms with Crippen molar-refractivity contribution in [3.05, 3.63) is 58.6 Å². The van der Waals surface area contributed by atoms with E-state index in [0.29, 0.717) is 16.8 Å². The van der Waals surface area contributed by atoms with Crippen molar-refractivity contribution in [1.82, 2.24) is 4.72 Å². The van der Waals surface area contributed by atoms with E-state index in [4.69, 9.17) is 28.5 Å². The zero-order chi connectivity index (χ0) is 24.2. The largest absolute Gasteiger partial charge is 0.384 e. The molecule has 0 radical (unpaired) electrons. The van der Waals surface area contributed by atoms with E-state index in [1.54, 1.807) is 31.2 Å². The number of nitrogens with one attached hydrogen (secondary N) is 2. The summed E-state index contributed by atoms with van der Waals surface area (Å²) >= 11 is 6.17. The molecular weight excluding hydrogens is 458 g/mol. The fraction of sp³-hybridized carbons (Fsp3) is 0.200. The van der Waals surface area contributed by atoms with Gasteiger partial charge in [0.15, 0.2) is 0 Å². The molecule has 0 saturated carbocycles. The van der Waals surface area contributed by atoms with Crippen LogP contribution in [0.1, 0.15) is 37.4 Å². The first-order chi connectivity index (χ1) is 14.8. The molecule has 170 valence electrons. The molecule has 32 heavy (non-hydrogen) atoms. The minimum absolute atomic E-state index is 0.151. The topological polar surface area (TPSA) is 177 Å². The molecule has 0 aliphatic carbocycles. The molecule has 0 aromatic heterocycles. The second-order valence-corrected chi connectivity index (χ2v) is 8.95. The highest BCUT2D eigenvalue weighted by molar-refractivity contribution is 7.90. The smallest absolute Gasteiger partial charge is 0.265 e. The quantitative estimate of drug-likeness (QED) is 0.252. The number of nitrogens with zero attached hydrogens (tertiary/aromatic N) is 1. The number of nitrogen functional groups attached to an aromatic ring is 1. The first kappa shape index (κ1) is 24.8. The van der Waals surface area contributed by atoms with Crippen LogP contribution in [0, 0.1) is 5.41 Å². The van der Waals surface area contributed by atoms with E-state index >= 15 is 0 Å². The maximum Gasteiger partial charge on any atom is 0.265 e. The van der Waals surface area contributed by atoms with Gasteiger partial charge in [0.25, 0.3) is 10.0 Å². The van der Waals surface area contributed by atoms with E-state index in [2.05, 4.69) is 0 Å². The second-order valence-electron chi connectivity index (χ2n) is 6.89. The third-order valence-corrected chi connectivity index (χ3v) is 6.36. The summed E-state index contributed by atoms with van der Waals surface area (Å²) in [7, 11) is -4.16. The van der Waals surface area contributed by atoms with Gasteiger partial charge in [-0.2, -0.15) is 0 Å². The maximum atomic E-state index is 12.8. The molecule has 1 unspecified atom stereocenters.